The Morgan fingerprint density at radius 1 is 1.06 bits per heavy atom. The lowest BCUT2D eigenvalue weighted by Crippen LogP contribution is -2.02. The number of ketones is 1. The third-order valence-electron chi connectivity index (χ3n) is 2.58. The summed E-state index contributed by atoms with van der Waals surface area (Å²) < 4.78 is 4.91. The van der Waals surface area contributed by atoms with Crippen molar-refractivity contribution in [2.24, 2.45) is 0 Å². The molecule has 0 unspecified atom stereocenters. The van der Waals surface area contributed by atoms with E-state index in [4.69, 9.17) is 4.74 Å². The zero-order valence-electron chi connectivity index (χ0n) is 9.75. The minimum atomic E-state index is -0.327. The quantitative estimate of drug-likeness (QED) is 0.813. The Hall–Kier alpha value is -2.49. The highest BCUT2D eigenvalue weighted by atomic mass is 16.5. The minimum Gasteiger partial charge on any atom is -0.507 e. The molecule has 0 fully saturated rings. The summed E-state index contributed by atoms with van der Waals surface area (Å²) in [5.74, 6) is -0.666. The van der Waals surface area contributed by atoms with Crippen molar-refractivity contribution in [1.82, 2.24) is 0 Å². The highest BCUT2D eigenvalue weighted by Gasteiger charge is 2.16. The van der Waals surface area contributed by atoms with Gasteiger partial charge < -0.3 is 14.9 Å². The normalized spacial score (nSPS) is 10.1. The van der Waals surface area contributed by atoms with E-state index in [1.165, 1.54) is 13.2 Å². The summed E-state index contributed by atoms with van der Waals surface area (Å²) in [5, 5.41) is 19.2. The number of rotatable bonds is 3. The van der Waals surface area contributed by atoms with Crippen LogP contribution in [0.4, 0.5) is 0 Å². The van der Waals surface area contributed by atoms with Crippen LogP contribution in [0.1, 0.15) is 15.9 Å². The molecule has 0 saturated carbocycles. The van der Waals surface area contributed by atoms with Gasteiger partial charge in [-0.1, -0.05) is 30.3 Å². The summed E-state index contributed by atoms with van der Waals surface area (Å²) in [6, 6.07) is 11.0. The third kappa shape index (κ3) is 2.13. The molecule has 92 valence electrons. The van der Waals surface area contributed by atoms with Gasteiger partial charge in [0.1, 0.15) is 5.75 Å². The van der Waals surface area contributed by atoms with E-state index in [0.717, 1.165) is 6.07 Å². The van der Waals surface area contributed by atoms with E-state index in [2.05, 4.69) is 0 Å². The second kappa shape index (κ2) is 4.79. The molecule has 0 atom stereocenters. The molecule has 0 heterocycles. The zero-order chi connectivity index (χ0) is 13.1. The fraction of sp³-hybridized carbons (Fsp3) is 0.0714. The fourth-order valence-corrected chi connectivity index (χ4v) is 1.65. The highest BCUT2D eigenvalue weighted by molar-refractivity contribution is 6.11. The maximum absolute atomic E-state index is 12.1. The molecule has 0 aromatic heterocycles. The van der Waals surface area contributed by atoms with Crippen LogP contribution in [0.15, 0.2) is 42.5 Å². The van der Waals surface area contributed by atoms with Crippen LogP contribution in [0.3, 0.4) is 0 Å². The van der Waals surface area contributed by atoms with E-state index in [-0.39, 0.29) is 28.6 Å². The first-order valence-electron chi connectivity index (χ1n) is 5.33. The van der Waals surface area contributed by atoms with Gasteiger partial charge in [0.2, 0.25) is 0 Å². The van der Waals surface area contributed by atoms with Crippen molar-refractivity contribution in [3.05, 3.63) is 53.6 Å². The van der Waals surface area contributed by atoms with Crippen LogP contribution in [-0.2, 0) is 0 Å². The Morgan fingerprint density at radius 2 is 1.72 bits per heavy atom. The molecule has 0 aliphatic rings. The van der Waals surface area contributed by atoms with Crippen molar-refractivity contribution < 1.29 is 19.7 Å². The molecule has 2 aromatic carbocycles. The predicted octanol–water partition coefficient (Wildman–Crippen LogP) is 2.34. The van der Waals surface area contributed by atoms with Gasteiger partial charge in [-0.2, -0.15) is 0 Å². The van der Waals surface area contributed by atoms with Gasteiger partial charge in [0.05, 0.1) is 12.7 Å². The van der Waals surface area contributed by atoms with E-state index in [1.54, 1.807) is 30.3 Å². The molecule has 2 N–H and O–H groups in total. The summed E-state index contributed by atoms with van der Waals surface area (Å²) in [5.41, 5.74) is 0.552. The van der Waals surface area contributed by atoms with Crippen LogP contribution in [-0.4, -0.2) is 23.1 Å². The molecule has 0 radical (unpaired) electrons. The van der Waals surface area contributed by atoms with E-state index in [1.807, 2.05) is 0 Å². The molecule has 0 amide bonds. The Balaban J connectivity index is 2.48. The molecule has 0 aliphatic carbocycles. The summed E-state index contributed by atoms with van der Waals surface area (Å²) >= 11 is 0. The maximum Gasteiger partial charge on any atom is 0.196 e. The van der Waals surface area contributed by atoms with Gasteiger partial charge in [0.25, 0.3) is 0 Å². The van der Waals surface area contributed by atoms with Gasteiger partial charge in [0, 0.05) is 11.6 Å². The molecule has 4 nitrogen and oxygen atoms in total. The predicted molar refractivity (Wildman–Crippen MR) is 66.2 cm³/mol. The van der Waals surface area contributed by atoms with E-state index in [0.29, 0.717) is 5.56 Å². The van der Waals surface area contributed by atoms with Gasteiger partial charge in [0.15, 0.2) is 17.3 Å². The molecule has 0 saturated heterocycles. The van der Waals surface area contributed by atoms with Gasteiger partial charge in [-0.25, -0.2) is 0 Å². The number of benzene rings is 2. The number of carbonyl (C=O) groups is 1. The molecule has 18 heavy (non-hydrogen) atoms. The number of aromatic hydroxyl groups is 2. The molecule has 0 spiro atoms. The topological polar surface area (TPSA) is 66.8 Å². The first kappa shape index (κ1) is 12.0. The van der Waals surface area contributed by atoms with Gasteiger partial charge in [-0.15, -0.1) is 0 Å². The summed E-state index contributed by atoms with van der Waals surface area (Å²) in [4.78, 5) is 12.1. The molecule has 0 aliphatic heterocycles. The van der Waals surface area contributed by atoms with Crippen molar-refractivity contribution in [2.45, 2.75) is 0 Å². The Kier molecular flexibility index (Phi) is 3.19. The SMILES string of the molecule is COc1cc(C(=O)c2ccccc2)c(O)cc1O. The van der Waals surface area contributed by atoms with E-state index >= 15 is 0 Å². The lowest BCUT2D eigenvalue weighted by Gasteiger charge is -2.08. The monoisotopic (exact) mass is 244 g/mol. The van der Waals surface area contributed by atoms with Crippen molar-refractivity contribution in [1.29, 1.82) is 0 Å². The van der Waals surface area contributed by atoms with Crippen molar-refractivity contribution in [3.8, 4) is 17.2 Å². The van der Waals surface area contributed by atoms with E-state index in [9.17, 15) is 15.0 Å². The lowest BCUT2D eigenvalue weighted by atomic mass is 10.0. The molecule has 0 bridgehead atoms. The first-order valence-corrected chi connectivity index (χ1v) is 5.33. The lowest BCUT2D eigenvalue weighted by molar-refractivity contribution is 0.103. The highest BCUT2D eigenvalue weighted by Crippen LogP contribution is 2.34. The number of phenols is 2. The third-order valence-corrected chi connectivity index (χ3v) is 2.58. The number of phenolic OH excluding ortho intramolecular Hbond substituents is 2. The van der Waals surface area contributed by atoms with Crippen LogP contribution in [0.2, 0.25) is 0 Å². The van der Waals surface area contributed by atoms with Crippen LogP contribution < -0.4 is 4.74 Å². The summed E-state index contributed by atoms with van der Waals surface area (Å²) in [6.07, 6.45) is 0. The second-order valence-corrected chi connectivity index (χ2v) is 3.74. The van der Waals surface area contributed by atoms with Crippen LogP contribution in [0.25, 0.3) is 0 Å². The molecule has 2 aromatic rings. The average Bonchev–Trinajstić information content (AvgIpc) is 2.39. The summed E-state index contributed by atoms with van der Waals surface area (Å²) in [7, 11) is 1.38. The largest absolute Gasteiger partial charge is 0.507 e. The van der Waals surface area contributed by atoms with Gasteiger partial charge in [-0.05, 0) is 6.07 Å². The van der Waals surface area contributed by atoms with Crippen LogP contribution in [0, 0.1) is 0 Å². The molecule has 2 rings (SSSR count). The summed E-state index contributed by atoms with van der Waals surface area (Å²) in [6.45, 7) is 0. The Labute approximate surface area is 104 Å². The number of hydrogen-bond acceptors (Lipinski definition) is 4. The van der Waals surface area contributed by atoms with Gasteiger partial charge >= 0.3 is 0 Å². The smallest absolute Gasteiger partial charge is 0.196 e. The minimum absolute atomic E-state index is 0.0934. The fourth-order valence-electron chi connectivity index (χ4n) is 1.65. The van der Waals surface area contributed by atoms with Crippen LogP contribution in [0.5, 0.6) is 17.2 Å². The molecular formula is C14H12O4. The standard InChI is InChI=1S/C14H12O4/c1-18-13-7-10(11(15)8-12(13)16)14(17)9-5-3-2-4-6-9/h2-8,15-16H,1H3. The Bertz CT molecular complexity index is 576. The molecule has 4 heteroatoms. The number of carbonyl (C=O) groups excluding carboxylic acids is 1. The van der Waals surface area contributed by atoms with E-state index < -0.39 is 0 Å². The van der Waals surface area contributed by atoms with Gasteiger partial charge in [-0.3, -0.25) is 4.79 Å². The number of ether oxygens (including phenoxy) is 1. The average molecular weight is 244 g/mol. The number of hydrogen-bond donors (Lipinski definition) is 2. The zero-order valence-corrected chi connectivity index (χ0v) is 9.75. The maximum atomic E-state index is 12.1. The van der Waals surface area contributed by atoms with Crippen molar-refractivity contribution >= 4 is 5.78 Å². The van der Waals surface area contributed by atoms with Crippen molar-refractivity contribution in [3.63, 3.8) is 0 Å². The first-order chi connectivity index (χ1) is 8.63. The second-order valence-electron chi connectivity index (χ2n) is 3.74. The van der Waals surface area contributed by atoms with Crippen LogP contribution >= 0.6 is 0 Å². The van der Waals surface area contributed by atoms with Crippen molar-refractivity contribution in [2.75, 3.05) is 7.11 Å². The number of methoxy groups -OCH3 is 1. The Morgan fingerprint density at radius 3 is 2.33 bits per heavy atom. The molecular weight excluding hydrogens is 232 g/mol.